The topological polar surface area (TPSA) is 148 Å². The van der Waals surface area contributed by atoms with Gasteiger partial charge in [0.25, 0.3) is 15.9 Å². The lowest BCUT2D eigenvalue weighted by Gasteiger charge is -2.26. The van der Waals surface area contributed by atoms with E-state index in [2.05, 4.69) is 15.2 Å². The normalized spacial score (nSPS) is 15.0. The average molecular weight is 521 g/mol. The van der Waals surface area contributed by atoms with E-state index < -0.39 is 26.0 Å². The smallest absolute Gasteiger partial charge is 0.264 e. The van der Waals surface area contributed by atoms with Crippen molar-refractivity contribution in [3.05, 3.63) is 65.4 Å². The summed E-state index contributed by atoms with van der Waals surface area (Å²) in [7, 11) is -7.57. The highest BCUT2D eigenvalue weighted by Gasteiger charge is 2.26. The number of nitrogens with one attached hydrogen (secondary N) is 2. The average Bonchev–Trinajstić information content (AvgIpc) is 3.16. The Morgan fingerprint density at radius 3 is 2.09 bits per heavy atom. The monoisotopic (exact) mass is 520 g/mol. The van der Waals surface area contributed by atoms with E-state index in [0.29, 0.717) is 30.2 Å². The van der Waals surface area contributed by atoms with Gasteiger partial charge in [0.2, 0.25) is 15.9 Å². The first-order valence-corrected chi connectivity index (χ1v) is 13.6. The van der Waals surface area contributed by atoms with E-state index >= 15 is 0 Å². The number of nitrogens with zero attached hydrogens (tertiary/aromatic N) is 2. The molecule has 1 aliphatic rings. The number of rotatable bonds is 7. The van der Waals surface area contributed by atoms with E-state index in [4.69, 9.17) is 9.26 Å². The largest absolute Gasteiger partial charge is 0.379 e. The van der Waals surface area contributed by atoms with Crippen molar-refractivity contribution < 1.29 is 30.9 Å². The SMILES string of the molecule is Cc1noc(NS(=O)(=O)c2ccc(NC(=O)c3ccc(S(=O)(=O)N4CCOCC4)cc3)cc2)c1C. The predicted octanol–water partition coefficient (Wildman–Crippen LogP) is 2.37. The molecule has 11 nitrogen and oxygen atoms in total. The van der Waals surface area contributed by atoms with E-state index in [1.54, 1.807) is 13.8 Å². The molecule has 2 heterocycles. The van der Waals surface area contributed by atoms with Gasteiger partial charge in [0.05, 0.1) is 28.7 Å². The van der Waals surface area contributed by atoms with Crippen molar-refractivity contribution in [1.82, 2.24) is 9.46 Å². The fraction of sp³-hybridized carbons (Fsp3) is 0.273. The Hall–Kier alpha value is -3.26. The molecule has 0 atom stereocenters. The first-order chi connectivity index (χ1) is 16.6. The van der Waals surface area contributed by atoms with Gasteiger partial charge in [-0.1, -0.05) is 5.16 Å². The van der Waals surface area contributed by atoms with Crippen molar-refractivity contribution in [3.63, 3.8) is 0 Å². The summed E-state index contributed by atoms with van der Waals surface area (Å²) in [6, 6.07) is 11.2. The number of carbonyl (C=O) groups is 1. The minimum atomic E-state index is -3.91. The van der Waals surface area contributed by atoms with Crippen LogP contribution < -0.4 is 10.0 Å². The third kappa shape index (κ3) is 5.37. The molecule has 0 radical (unpaired) electrons. The van der Waals surface area contributed by atoms with E-state index in [1.165, 1.54) is 52.8 Å². The van der Waals surface area contributed by atoms with Crippen LogP contribution in [0, 0.1) is 13.8 Å². The Bertz CT molecular complexity index is 1430. The second kappa shape index (κ2) is 9.77. The van der Waals surface area contributed by atoms with E-state index in [-0.39, 0.29) is 34.3 Å². The summed E-state index contributed by atoms with van der Waals surface area (Å²) < 4.78 is 64.5. The van der Waals surface area contributed by atoms with E-state index in [0.717, 1.165) is 0 Å². The summed E-state index contributed by atoms with van der Waals surface area (Å²) in [4.78, 5) is 12.7. The molecule has 1 saturated heterocycles. The number of morpholine rings is 1. The van der Waals surface area contributed by atoms with Gasteiger partial charge in [0, 0.05) is 29.9 Å². The van der Waals surface area contributed by atoms with Gasteiger partial charge in [-0.2, -0.15) is 4.31 Å². The molecule has 1 aliphatic heterocycles. The lowest BCUT2D eigenvalue weighted by molar-refractivity contribution is 0.0730. The zero-order valence-corrected chi connectivity index (χ0v) is 20.6. The lowest BCUT2D eigenvalue weighted by atomic mass is 10.2. The molecule has 1 fully saturated rings. The summed E-state index contributed by atoms with van der Waals surface area (Å²) in [5.74, 6) is -0.430. The molecule has 2 N–H and O–H groups in total. The molecule has 0 unspecified atom stereocenters. The number of amides is 1. The molecule has 3 aromatic rings. The molecule has 0 spiro atoms. The van der Waals surface area contributed by atoms with Crippen LogP contribution in [0.25, 0.3) is 0 Å². The maximum Gasteiger partial charge on any atom is 0.264 e. The zero-order chi connectivity index (χ0) is 25.2. The van der Waals surface area contributed by atoms with Crippen molar-refractivity contribution in [1.29, 1.82) is 0 Å². The molecule has 0 bridgehead atoms. The minimum Gasteiger partial charge on any atom is -0.379 e. The number of aromatic nitrogens is 1. The molecule has 0 aliphatic carbocycles. The third-order valence-corrected chi connectivity index (χ3v) is 8.79. The Kier molecular flexibility index (Phi) is 6.94. The molecular formula is C22H24N4O7S2. The summed E-state index contributed by atoms with van der Waals surface area (Å²) in [6.45, 7) is 4.63. The van der Waals surface area contributed by atoms with Crippen LogP contribution in [0.3, 0.4) is 0 Å². The van der Waals surface area contributed by atoms with Gasteiger partial charge in [0.1, 0.15) is 0 Å². The molecule has 1 aromatic heterocycles. The Labute approximate surface area is 203 Å². The van der Waals surface area contributed by atoms with Crippen LogP contribution in [0.15, 0.2) is 62.8 Å². The standard InChI is InChI=1S/C22H24N4O7S2/c1-15-16(2)24-33-22(15)25-34(28,29)19-9-5-18(6-10-19)23-21(27)17-3-7-20(8-4-17)35(30,31)26-11-13-32-14-12-26/h3-10,25H,11-14H2,1-2H3,(H,23,27). The first kappa shape index (κ1) is 24.9. The van der Waals surface area contributed by atoms with Crippen LogP contribution in [0.4, 0.5) is 11.6 Å². The molecule has 35 heavy (non-hydrogen) atoms. The van der Waals surface area contributed by atoms with Crippen molar-refractivity contribution in [3.8, 4) is 0 Å². The highest BCUT2D eigenvalue weighted by Crippen LogP contribution is 2.23. The van der Waals surface area contributed by atoms with Crippen LogP contribution in [0.5, 0.6) is 0 Å². The van der Waals surface area contributed by atoms with Crippen LogP contribution in [-0.2, 0) is 24.8 Å². The molecule has 0 saturated carbocycles. The second-order valence-corrected chi connectivity index (χ2v) is 11.5. The van der Waals surface area contributed by atoms with E-state index in [9.17, 15) is 21.6 Å². The zero-order valence-electron chi connectivity index (χ0n) is 19.0. The van der Waals surface area contributed by atoms with Crippen LogP contribution in [0.2, 0.25) is 0 Å². The van der Waals surface area contributed by atoms with Gasteiger partial charge < -0.3 is 14.6 Å². The van der Waals surface area contributed by atoms with Crippen molar-refractivity contribution >= 4 is 37.5 Å². The number of hydrogen-bond donors (Lipinski definition) is 2. The molecule has 4 rings (SSSR count). The minimum absolute atomic E-state index is 0.0263. The first-order valence-electron chi connectivity index (χ1n) is 10.6. The molecule has 13 heteroatoms. The summed E-state index contributed by atoms with van der Waals surface area (Å²) in [5, 5.41) is 6.38. The summed E-state index contributed by atoms with van der Waals surface area (Å²) in [6.07, 6.45) is 0. The quantitative estimate of drug-likeness (QED) is 0.482. The number of anilines is 2. The summed E-state index contributed by atoms with van der Waals surface area (Å²) >= 11 is 0. The van der Waals surface area contributed by atoms with Gasteiger partial charge in [-0.25, -0.2) is 21.6 Å². The Morgan fingerprint density at radius 1 is 0.914 bits per heavy atom. The fourth-order valence-corrected chi connectivity index (χ4v) is 5.78. The number of sulfonamides is 2. The molecule has 2 aromatic carbocycles. The highest BCUT2D eigenvalue weighted by molar-refractivity contribution is 7.92. The van der Waals surface area contributed by atoms with Crippen LogP contribution in [-0.4, -0.2) is 58.5 Å². The van der Waals surface area contributed by atoms with Crippen molar-refractivity contribution in [2.45, 2.75) is 23.6 Å². The van der Waals surface area contributed by atoms with Crippen LogP contribution in [0.1, 0.15) is 21.6 Å². The van der Waals surface area contributed by atoms with E-state index in [1.807, 2.05) is 0 Å². The number of aryl methyl sites for hydroxylation is 1. The van der Waals surface area contributed by atoms with Crippen molar-refractivity contribution in [2.24, 2.45) is 0 Å². The second-order valence-electron chi connectivity index (χ2n) is 7.85. The summed E-state index contributed by atoms with van der Waals surface area (Å²) in [5.41, 5.74) is 1.78. The number of hydrogen-bond acceptors (Lipinski definition) is 8. The van der Waals surface area contributed by atoms with Gasteiger partial charge in [0.15, 0.2) is 0 Å². The van der Waals surface area contributed by atoms with Gasteiger partial charge in [-0.05, 0) is 62.4 Å². The maximum absolute atomic E-state index is 12.7. The number of benzene rings is 2. The van der Waals surface area contributed by atoms with Gasteiger partial charge in [-0.3, -0.25) is 4.79 Å². The van der Waals surface area contributed by atoms with Gasteiger partial charge in [-0.15, -0.1) is 0 Å². The predicted molar refractivity (Wildman–Crippen MR) is 127 cm³/mol. The Balaban J connectivity index is 1.42. The van der Waals surface area contributed by atoms with Crippen molar-refractivity contribution in [2.75, 3.05) is 36.3 Å². The molecular weight excluding hydrogens is 496 g/mol. The number of carbonyl (C=O) groups excluding carboxylic acids is 1. The Morgan fingerprint density at radius 2 is 1.51 bits per heavy atom. The fourth-order valence-electron chi connectivity index (χ4n) is 3.33. The number of ether oxygens (including phenoxy) is 1. The molecule has 186 valence electrons. The maximum atomic E-state index is 12.7. The van der Waals surface area contributed by atoms with Gasteiger partial charge >= 0.3 is 0 Å². The third-order valence-electron chi connectivity index (χ3n) is 5.53. The van der Waals surface area contributed by atoms with Crippen LogP contribution >= 0.6 is 0 Å². The lowest BCUT2D eigenvalue weighted by Crippen LogP contribution is -2.40. The highest BCUT2D eigenvalue weighted by atomic mass is 32.2. The molecule has 1 amide bonds.